The van der Waals surface area contributed by atoms with Gasteiger partial charge in [-0.2, -0.15) is 0 Å². The summed E-state index contributed by atoms with van der Waals surface area (Å²) in [5.74, 6) is 0.856. The van der Waals surface area contributed by atoms with Crippen LogP contribution < -0.4 is 0 Å². The summed E-state index contributed by atoms with van der Waals surface area (Å²) in [6, 6.07) is 0. The van der Waals surface area contributed by atoms with Crippen LogP contribution in [0.2, 0.25) is 0 Å². The molecule has 0 bridgehead atoms. The van der Waals surface area contributed by atoms with Gasteiger partial charge in [0, 0.05) is 0 Å². The molecule has 0 amide bonds. The van der Waals surface area contributed by atoms with Crippen molar-refractivity contribution in [1.82, 2.24) is 0 Å². The maximum atomic E-state index is 2.51. The Balaban J connectivity index is 2.92. The summed E-state index contributed by atoms with van der Waals surface area (Å²) in [7, 11) is 0. The normalized spacial score (nSPS) is 28.5. The lowest BCUT2D eigenvalue weighted by atomic mass is 9.69. The predicted molar refractivity (Wildman–Crippen MR) is 59.7 cm³/mol. The molecule has 0 nitrogen and oxygen atoms in total. The van der Waals surface area contributed by atoms with Gasteiger partial charge in [0.2, 0.25) is 0 Å². The fourth-order valence-electron chi connectivity index (χ4n) is 2.46. The molecule has 0 saturated heterocycles. The number of rotatable bonds is 0. The lowest BCUT2D eigenvalue weighted by molar-refractivity contribution is 0.293. The molecular weight excluding hydrogens is 156 g/mol. The molecule has 13 heavy (non-hydrogen) atoms. The van der Waals surface area contributed by atoms with Crippen LogP contribution in [0.4, 0.5) is 0 Å². The van der Waals surface area contributed by atoms with E-state index in [1.807, 2.05) is 0 Å². The average molecular weight is 180 g/mol. The second-order valence-corrected chi connectivity index (χ2v) is 6.42. The van der Waals surface area contributed by atoms with E-state index in [1.165, 1.54) is 12.8 Å². The molecule has 0 heterocycles. The smallest absolute Gasteiger partial charge is 0.0169 e. The van der Waals surface area contributed by atoms with Crippen molar-refractivity contribution in [1.29, 1.82) is 0 Å². The molecule has 0 N–H and O–H groups in total. The van der Waals surface area contributed by atoms with Crippen molar-refractivity contribution in [3.8, 4) is 0 Å². The average Bonchev–Trinajstić information content (AvgIpc) is 1.79. The van der Waals surface area contributed by atoms with Gasteiger partial charge in [0.05, 0.1) is 0 Å². The van der Waals surface area contributed by atoms with Crippen LogP contribution in [0.1, 0.15) is 54.4 Å². The first kappa shape index (κ1) is 10.8. The van der Waals surface area contributed by atoms with E-state index < -0.39 is 0 Å². The second kappa shape index (κ2) is 3.15. The minimum atomic E-state index is 0.367. The Kier molecular flexibility index (Phi) is 2.62. The van der Waals surface area contributed by atoms with E-state index >= 15 is 0 Å². The van der Waals surface area contributed by atoms with Crippen LogP contribution in [0.15, 0.2) is 11.6 Å². The molecule has 76 valence electrons. The first-order valence-corrected chi connectivity index (χ1v) is 5.43. The van der Waals surface area contributed by atoms with Crippen LogP contribution in [0.5, 0.6) is 0 Å². The highest BCUT2D eigenvalue weighted by molar-refractivity contribution is 5.18. The molecule has 1 rings (SSSR count). The van der Waals surface area contributed by atoms with Gasteiger partial charge in [-0.1, -0.05) is 53.2 Å². The van der Waals surface area contributed by atoms with Crippen molar-refractivity contribution in [2.75, 3.05) is 0 Å². The summed E-state index contributed by atoms with van der Waals surface area (Å²) < 4.78 is 0. The summed E-state index contributed by atoms with van der Waals surface area (Å²) in [6.45, 7) is 14.1. The van der Waals surface area contributed by atoms with E-state index in [9.17, 15) is 0 Å². The minimum absolute atomic E-state index is 0.367. The predicted octanol–water partition coefficient (Wildman–Crippen LogP) is 4.42. The van der Waals surface area contributed by atoms with Crippen LogP contribution in [0.3, 0.4) is 0 Å². The van der Waals surface area contributed by atoms with Crippen molar-refractivity contribution < 1.29 is 0 Å². The maximum absolute atomic E-state index is 2.51. The van der Waals surface area contributed by atoms with Crippen LogP contribution in [-0.2, 0) is 0 Å². The zero-order valence-electron chi connectivity index (χ0n) is 10.1. The third-order valence-electron chi connectivity index (χ3n) is 2.97. The van der Waals surface area contributed by atoms with Crippen molar-refractivity contribution in [2.24, 2.45) is 16.7 Å². The molecule has 0 saturated carbocycles. The standard InChI is InChI=1S/C13H24/c1-10-7-11(12(2,3)4)9-13(5,6)8-10/h9-10H,7-8H2,1-6H3. The van der Waals surface area contributed by atoms with Crippen molar-refractivity contribution in [3.63, 3.8) is 0 Å². The largest absolute Gasteiger partial charge is 0.0791 e. The summed E-state index contributed by atoms with van der Waals surface area (Å²) in [5, 5.41) is 0. The van der Waals surface area contributed by atoms with Gasteiger partial charge in [-0.05, 0) is 29.6 Å². The van der Waals surface area contributed by atoms with Gasteiger partial charge in [0.1, 0.15) is 0 Å². The number of hydrogen-bond donors (Lipinski definition) is 0. The third kappa shape index (κ3) is 2.86. The van der Waals surface area contributed by atoms with Gasteiger partial charge in [-0.3, -0.25) is 0 Å². The summed E-state index contributed by atoms with van der Waals surface area (Å²) in [6.07, 6.45) is 5.15. The van der Waals surface area contributed by atoms with Gasteiger partial charge in [-0.15, -0.1) is 0 Å². The Morgan fingerprint density at radius 3 is 2.23 bits per heavy atom. The maximum Gasteiger partial charge on any atom is -0.0169 e. The number of allylic oxidation sites excluding steroid dienone is 2. The van der Waals surface area contributed by atoms with Gasteiger partial charge in [-0.25, -0.2) is 0 Å². The first-order chi connectivity index (χ1) is 5.71. The van der Waals surface area contributed by atoms with Crippen molar-refractivity contribution >= 4 is 0 Å². The Labute approximate surface area is 83.4 Å². The highest BCUT2D eigenvalue weighted by atomic mass is 14.3. The Hall–Kier alpha value is -0.260. The van der Waals surface area contributed by atoms with Gasteiger partial charge in [0.25, 0.3) is 0 Å². The van der Waals surface area contributed by atoms with E-state index in [0.29, 0.717) is 10.8 Å². The Bertz CT molecular complexity index is 213. The van der Waals surface area contributed by atoms with Crippen LogP contribution in [0, 0.1) is 16.7 Å². The van der Waals surface area contributed by atoms with Crippen LogP contribution >= 0.6 is 0 Å². The SMILES string of the molecule is CC1CC(C(C)(C)C)=CC(C)(C)C1. The molecule has 0 aromatic rings. The monoisotopic (exact) mass is 180 g/mol. The zero-order chi connectivity index (χ0) is 10.3. The van der Waals surface area contributed by atoms with E-state index in [1.54, 1.807) is 5.57 Å². The molecule has 1 unspecified atom stereocenters. The molecule has 1 atom stereocenters. The summed E-state index contributed by atoms with van der Waals surface area (Å²) >= 11 is 0. The highest BCUT2D eigenvalue weighted by Gasteiger charge is 2.29. The third-order valence-corrected chi connectivity index (χ3v) is 2.97. The molecule has 1 aliphatic rings. The molecule has 0 radical (unpaired) electrons. The van der Waals surface area contributed by atoms with E-state index in [2.05, 4.69) is 47.6 Å². The molecule has 0 fully saturated rings. The van der Waals surface area contributed by atoms with Crippen LogP contribution in [-0.4, -0.2) is 0 Å². The second-order valence-electron chi connectivity index (χ2n) is 6.42. The summed E-state index contributed by atoms with van der Waals surface area (Å²) in [4.78, 5) is 0. The lowest BCUT2D eigenvalue weighted by Gasteiger charge is -2.37. The molecule has 0 spiro atoms. The van der Waals surface area contributed by atoms with Crippen molar-refractivity contribution in [2.45, 2.75) is 54.4 Å². The molecule has 0 aliphatic heterocycles. The van der Waals surface area contributed by atoms with Crippen molar-refractivity contribution in [3.05, 3.63) is 11.6 Å². The topological polar surface area (TPSA) is 0 Å². The fourth-order valence-corrected chi connectivity index (χ4v) is 2.46. The quantitative estimate of drug-likeness (QED) is 0.484. The van der Waals surface area contributed by atoms with E-state index in [0.717, 1.165) is 5.92 Å². The number of hydrogen-bond acceptors (Lipinski definition) is 0. The van der Waals surface area contributed by atoms with Gasteiger partial charge < -0.3 is 0 Å². The minimum Gasteiger partial charge on any atom is -0.0791 e. The zero-order valence-corrected chi connectivity index (χ0v) is 10.1. The van der Waals surface area contributed by atoms with Gasteiger partial charge in [0.15, 0.2) is 0 Å². The Morgan fingerprint density at radius 2 is 1.85 bits per heavy atom. The van der Waals surface area contributed by atoms with Gasteiger partial charge >= 0.3 is 0 Å². The molecule has 0 aromatic carbocycles. The van der Waals surface area contributed by atoms with E-state index in [4.69, 9.17) is 0 Å². The van der Waals surface area contributed by atoms with E-state index in [-0.39, 0.29) is 0 Å². The Morgan fingerprint density at radius 1 is 1.31 bits per heavy atom. The molecular formula is C13H24. The molecule has 1 aliphatic carbocycles. The molecule has 0 aromatic heterocycles. The molecule has 0 heteroatoms. The lowest BCUT2D eigenvalue weighted by Crippen LogP contribution is -2.24. The fraction of sp³-hybridized carbons (Fsp3) is 0.846. The summed E-state index contributed by atoms with van der Waals surface area (Å²) in [5.41, 5.74) is 2.43. The first-order valence-electron chi connectivity index (χ1n) is 5.43. The van der Waals surface area contributed by atoms with Crippen LogP contribution in [0.25, 0.3) is 0 Å². The highest BCUT2D eigenvalue weighted by Crippen LogP contribution is 2.42.